The summed E-state index contributed by atoms with van der Waals surface area (Å²) in [5.41, 5.74) is 3.14. The van der Waals surface area contributed by atoms with Crippen molar-refractivity contribution in [3.8, 4) is 5.75 Å². The summed E-state index contributed by atoms with van der Waals surface area (Å²) in [6, 6.07) is 11.6. The molecule has 1 atom stereocenters. The van der Waals surface area contributed by atoms with Crippen molar-refractivity contribution in [1.82, 2.24) is 9.88 Å². The summed E-state index contributed by atoms with van der Waals surface area (Å²) >= 11 is 0.978. The molecule has 1 unspecified atom stereocenters. The average molecular weight is 455 g/mol. The van der Waals surface area contributed by atoms with Crippen LogP contribution in [0.15, 0.2) is 42.6 Å². The molecule has 32 heavy (non-hydrogen) atoms. The molecule has 4 rings (SSSR count). The largest absolute Gasteiger partial charge is 0.493 e. The Balaban J connectivity index is 1.23. The predicted octanol–water partition coefficient (Wildman–Crippen LogP) is 3.78. The number of hydrogen-bond acceptors (Lipinski definition) is 7. The fraction of sp³-hybridized carbons (Fsp3) is 0.417. The highest BCUT2D eigenvalue weighted by Gasteiger charge is 2.41. The van der Waals surface area contributed by atoms with Gasteiger partial charge in [-0.3, -0.25) is 19.4 Å². The lowest BCUT2D eigenvalue weighted by Gasteiger charge is -2.14. The van der Waals surface area contributed by atoms with E-state index in [9.17, 15) is 14.4 Å². The van der Waals surface area contributed by atoms with Gasteiger partial charge in [0.15, 0.2) is 6.73 Å². The van der Waals surface area contributed by atoms with E-state index < -0.39 is 5.25 Å². The quantitative estimate of drug-likeness (QED) is 0.505. The fourth-order valence-electron chi connectivity index (χ4n) is 3.33. The lowest BCUT2D eigenvalue weighted by Crippen LogP contribution is -2.35. The Morgan fingerprint density at radius 3 is 2.53 bits per heavy atom. The van der Waals surface area contributed by atoms with Gasteiger partial charge in [0, 0.05) is 18.3 Å². The normalized spacial score (nSPS) is 18.2. The second kappa shape index (κ2) is 10.2. The van der Waals surface area contributed by atoms with E-state index in [1.54, 1.807) is 0 Å². The third kappa shape index (κ3) is 5.68. The van der Waals surface area contributed by atoms with Crippen LogP contribution in [0.2, 0.25) is 0 Å². The maximum absolute atomic E-state index is 12.6. The maximum atomic E-state index is 12.6. The van der Waals surface area contributed by atoms with Gasteiger partial charge in [-0.15, -0.1) is 0 Å². The number of rotatable bonds is 10. The molecule has 0 spiro atoms. The van der Waals surface area contributed by atoms with Crippen LogP contribution in [-0.4, -0.2) is 45.6 Å². The van der Waals surface area contributed by atoms with E-state index in [0.717, 1.165) is 59.4 Å². The number of esters is 1. The van der Waals surface area contributed by atoms with E-state index >= 15 is 0 Å². The van der Waals surface area contributed by atoms with Gasteiger partial charge in [0.1, 0.15) is 5.75 Å². The minimum Gasteiger partial charge on any atom is -0.493 e. The Morgan fingerprint density at radius 2 is 1.88 bits per heavy atom. The Hall–Kier alpha value is -2.87. The van der Waals surface area contributed by atoms with Crippen LogP contribution in [0.25, 0.3) is 0 Å². The van der Waals surface area contributed by atoms with Gasteiger partial charge in [-0.1, -0.05) is 36.9 Å². The summed E-state index contributed by atoms with van der Waals surface area (Å²) in [7, 11) is 0. The molecule has 1 aromatic heterocycles. The molecule has 0 bridgehead atoms. The zero-order chi connectivity index (χ0) is 22.5. The Labute approximate surface area is 191 Å². The molecule has 1 saturated carbocycles. The first-order valence-electron chi connectivity index (χ1n) is 10.9. The highest BCUT2D eigenvalue weighted by molar-refractivity contribution is 8.15. The van der Waals surface area contributed by atoms with Crippen molar-refractivity contribution in [2.45, 2.75) is 44.3 Å². The van der Waals surface area contributed by atoms with Crippen LogP contribution in [0.1, 0.15) is 36.6 Å². The lowest BCUT2D eigenvalue weighted by atomic mass is 10.1. The lowest BCUT2D eigenvalue weighted by molar-refractivity contribution is -0.151. The summed E-state index contributed by atoms with van der Waals surface area (Å²) in [6.45, 7) is 2.34. The van der Waals surface area contributed by atoms with Gasteiger partial charge in [0.2, 0.25) is 5.91 Å². The first-order valence-corrected chi connectivity index (χ1v) is 11.8. The summed E-state index contributed by atoms with van der Waals surface area (Å²) in [6.07, 6.45) is 5.66. The van der Waals surface area contributed by atoms with Crippen molar-refractivity contribution < 1.29 is 23.9 Å². The van der Waals surface area contributed by atoms with Gasteiger partial charge in [0.05, 0.1) is 17.8 Å². The number of carbonyl (C=O) groups is 3. The first kappa shape index (κ1) is 22.3. The number of aromatic nitrogens is 1. The van der Waals surface area contributed by atoms with E-state index in [1.165, 1.54) is 5.56 Å². The monoisotopic (exact) mass is 454 g/mol. The van der Waals surface area contributed by atoms with E-state index in [4.69, 9.17) is 9.47 Å². The molecule has 1 aliphatic carbocycles. The minimum atomic E-state index is -0.508. The standard InChI is InChI=1S/C24H26N2O5S/c1-2-16-3-8-19(25-14-16)11-12-30-20-9-4-17(5-10-20)13-21-22(27)26(24(29)32-21)15-31-23(28)18-6-7-18/h3-5,8-10,14,18,21H,2,6-7,11-13,15H2,1H3. The molecule has 7 nitrogen and oxygen atoms in total. The molecule has 1 aliphatic heterocycles. The SMILES string of the molecule is CCc1ccc(CCOc2ccc(CC3SC(=O)N(COC(=O)C4CC4)C3=O)cc2)nc1. The summed E-state index contributed by atoms with van der Waals surface area (Å²) in [5.74, 6) is 0.0350. The van der Waals surface area contributed by atoms with Crippen molar-refractivity contribution in [1.29, 1.82) is 0 Å². The van der Waals surface area contributed by atoms with Crippen LogP contribution >= 0.6 is 11.8 Å². The van der Waals surface area contributed by atoms with Crippen molar-refractivity contribution >= 4 is 28.9 Å². The fourth-order valence-corrected chi connectivity index (χ4v) is 4.35. The van der Waals surface area contributed by atoms with Crippen molar-refractivity contribution in [3.05, 3.63) is 59.4 Å². The zero-order valence-electron chi connectivity index (χ0n) is 18.0. The highest BCUT2D eigenvalue weighted by atomic mass is 32.2. The topological polar surface area (TPSA) is 85.8 Å². The smallest absolute Gasteiger partial charge is 0.310 e. The Bertz CT molecular complexity index is 973. The minimum absolute atomic E-state index is 0.0649. The summed E-state index contributed by atoms with van der Waals surface area (Å²) < 4.78 is 10.9. The molecule has 2 heterocycles. The average Bonchev–Trinajstić information content (AvgIpc) is 3.62. The van der Waals surface area contributed by atoms with Crippen LogP contribution < -0.4 is 4.74 Å². The number of carbonyl (C=O) groups excluding carboxylic acids is 3. The Kier molecular flexibility index (Phi) is 7.09. The number of thioether (sulfide) groups is 1. The number of aryl methyl sites for hydroxylation is 1. The molecular weight excluding hydrogens is 428 g/mol. The number of amides is 2. The van der Waals surface area contributed by atoms with Crippen LogP contribution in [0.5, 0.6) is 5.75 Å². The number of hydrogen-bond donors (Lipinski definition) is 0. The van der Waals surface area contributed by atoms with E-state index in [1.807, 2.05) is 36.5 Å². The number of imide groups is 1. The van der Waals surface area contributed by atoms with Crippen molar-refractivity contribution in [2.24, 2.45) is 5.92 Å². The number of pyridine rings is 1. The van der Waals surface area contributed by atoms with Crippen molar-refractivity contribution in [3.63, 3.8) is 0 Å². The van der Waals surface area contributed by atoms with Crippen LogP contribution in [0.3, 0.4) is 0 Å². The van der Waals surface area contributed by atoms with Gasteiger partial charge in [-0.25, -0.2) is 4.90 Å². The third-order valence-corrected chi connectivity index (χ3v) is 6.59. The van der Waals surface area contributed by atoms with Crippen molar-refractivity contribution in [2.75, 3.05) is 13.3 Å². The van der Waals surface area contributed by atoms with Gasteiger partial charge < -0.3 is 9.47 Å². The predicted molar refractivity (Wildman–Crippen MR) is 120 cm³/mol. The summed E-state index contributed by atoms with van der Waals surface area (Å²) in [5, 5.41) is -0.879. The second-order valence-electron chi connectivity index (χ2n) is 7.96. The summed E-state index contributed by atoms with van der Waals surface area (Å²) in [4.78, 5) is 41.8. The van der Waals surface area contributed by atoms with Crippen LogP contribution in [0, 0.1) is 5.92 Å². The zero-order valence-corrected chi connectivity index (χ0v) is 18.8. The van der Waals surface area contributed by atoms with E-state index in [2.05, 4.69) is 18.0 Å². The molecule has 168 valence electrons. The van der Waals surface area contributed by atoms with Crippen LogP contribution in [-0.2, 0) is 33.6 Å². The number of benzene rings is 1. The number of nitrogens with zero attached hydrogens (tertiary/aromatic N) is 2. The third-order valence-electron chi connectivity index (χ3n) is 5.52. The second-order valence-corrected chi connectivity index (χ2v) is 9.12. The highest BCUT2D eigenvalue weighted by Crippen LogP contribution is 2.32. The molecule has 2 fully saturated rings. The molecule has 2 aromatic rings. The molecule has 1 saturated heterocycles. The molecule has 0 radical (unpaired) electrons. The molecule has 1 aromatic carbocycles. The van der Waals surface area contributed by atoms with Gasteiger partial charge in [-0.05, 0) is 55.0 Å². The van der Waals surface area contributed by atoms with Gasteiger partial charge >= 0.3 is 5.97 Å². The number of ether oxygens (including phenoxy) is 2. The molecule has 0 N–H and O–H groups in total. The molecule has 8 heteroatoms. The first-order chi connectivity index (χ1) is 15.5. The molecule has 2 aliphatic rings. The van der Waals surface area contributed by atoms with Crippen LogP contribution in [0.4, 0.5) is 4.79 Å². The maximum Gasteiger partial charge on any atom is 0.310 e. The molecular formula is C24H26N2O5S. The van der Waals surface area contributed by atoms with Gasteiger partial charge in [-0.2, -0.15) is 0 Å². The van der Waals surface area contributed by atoms with E-state index in [0.29, 0.717) is 13.0 Å². The van der Waals surface area contributed by atoms with Gasteiger partial charge in [0.25, 0.3) is 5.24 Å². The molecule has 2 amide bonds. The Morgan fingerprint density at radius 1 is 1.12 bits per heavy atom. The van der Waals surface area contributed by atoms with E-state index in [-0.39, 0.29) is 29.8 Å².